The van der Waals surface area contributed by atoms with Crippen molar-refractivity contribution in [2.75, 3.05) is 0 Å². The van der Waals surface area contributed by atoms with Gasteiger partial charge in [-0.1, -0.05) is 0 Å². The van der Waals surface area contributed by atoms with E-state index in [0.717, 1.165) is 0 Å². The zero-order chi connectivity index (χ0) is 2.71. The first-order chi connectivity index (χ1) is 1.41. The van der Waals surface area contributed by atoms with Crippen molar-refractivity contribution in [3.8, 4) is 0 Å². The number of hydrogen-bond donors (Lipinski definition) is 0. The standard InChI is InChI=1S/2Bi.I2O.6H/c;;1-3-2;;;;;;. The van der Waals surface area contributed by atoms with Crippen LogP contribution >= 0.6 is 46.0 Å². The molecule has 0 aromatic heterocycles. The van der Waals surface area contributed by atoms with Crippen molar-refractivity contribution in [3.63, 3.8) is 0 Å². The Morgan fingerprint density at radius 3 is 1.00 bits per heavy atom. The van der Waals surface area contributed by atoms with Crippen LogP contribution in [0.25, 0.3) is 0 Å². The van der Waals surface area contributed by atoms with Crippen LogP contribution in [0.4, 0.5) is 0 Å². The van der Waals surface area contributed by atoms with Gasteiger partial charge in [0.25, 0.3) is 0 Å². The van der Waals surface area contributed by atoms with Crippen molar-refractivity contribution < 1.29 is 1.40 Å². The van der Waals surface area contributed by atoms with Crippen molar-refractivity contribution in [2.24, 2.45) is 0 Å². The minimum atomic E-state index is 0. The van der Waals surface area contributed by atoms with Crippen LogP contribution in [-0.4, -0.2) is 52.4 Å². The normalized spacial score (nSPS) is 3.60. The van der Waals surface area contributed by atoms with Crippen molar-refractivity contribution in [2.45, 2.75) is 0 Å². The fourth-order valence-electron chi connectivity index (χ4n) is 0. The van der Waals surface area contributed by atoms with Gasteiger partial charge < -0.3 is 0 Å². The van der Waals surface area contributed by atoms with Crippen LogP contribution in [0.1, 0.15) is 0 Å². The molecule has 0 bridgehead atoms. The van der Waals surface area contributed by atoms with Gasteiger partial charge in [0.15, 0.2) is 0 Å². The van der Waals surface area contributed by atoms with E-state index >= 15 is 0 Å². The van der Waals surface area contributed by atoms with E-state index in [1.54, 1.807) is 46.0 Å². The fraction of sp³-hybridized carbons (Fsp3) is 0. The summed E-state index contributed by atoms with van der Waals surface area (Å²) in [6.07, 6.45) is 0. The van der Waals surface area contributed by atoms with Crippen LogP contribution in [0.15, 0.2) is 0 Å². The molecule has 0 N–H and O–H groups in total. The van der Waals surface area contributed by atoms with Gasteiger partial charge in [-0.3, -0.25) is 0 Å². The fourth-order valence-corrected chi connectivity index (χ4v) is 0. The number of hydrogen-bond acceptors (Lipinski definition) is 1. The molecular weight excluding hydrogens is 688 g/mol. The van der Waals surface area contributed by atoms with Crippen LogP contribution in [0.5, 0.6) is 0 Å². The summed E-state index contributed by atoms with van der Waals surface area (Å²) in [4.78, 5) is 0. The summed E-state index contributed by atoms with van der Waals surface area (Å²) in [5, 5.41) is 0. The average Bonchev–Trinajstić information content (AvgIpc) is 0.918. The van der Waals surface area contributed by atoms with Crippen molar-refractivity contribution in [3.05, 3.63) is 0 Å². The summed E-state index contributed by atoms with van der Waals surface area (Å²) in [5.41, 5.74) is 0. The van der Waals surface area contributed by atoms with Crippen LogP contribution in [0.2, 0.25) is 0 Å². The van der Waals surface area contributed by atoms with E-state index in [4.69, 9.17) is 0 Å². The molecule has 0 spiro atoms. The molecule has 36 valence electrons. The van der Waals surface area contributed by atoms with Gasteiger partial charge in [0.2, 0.25) is 0 Å². The summed E-state index contributed by atoms with van der Waals surface area (Å²) >= 11 is 3.55. The summed E-state index contributed by atoms with van der Waals surface area (Å²) in [5.74, 6) is 0. The maximum atomic E-state index is 4.19. The molecular formula is H6Bi2I2O. The minimum absolute atomic E-state index is 0. The molecule has 5 heavy (non-hydrogen) atoms. The third-order valence-electron chi connectivity index (χ3n) is 0. The molecule has 0 aliphatic carbocycles. The van der Waals surface area contributed by atoms with Crippen LogP contribution in [0, 0.1) is 0 Å². The predicted octanol–water partition coefficient (Wildman–Crippen LogP) is -0.665. The topological polar surface area (TPSA) is 9.23 Å². The second-order valence-corrected chi connectivity index (χ2v) is 2.62. The van der Waals surface area contributed by atoms with Gasteiger partial charge in [-0.05, 0) is 0 Å². The molecule has 0 radical (unpaired) electrons. The summed E-state index contributed by atoms with van der Waals surface area (Å²) < 4.78 is 4.19. The molecule has 0 amide bonds. The molecule has 0 saturated carbocycles. The van der Waals surface area contributed by atoms with Crippen molar-refractivity contribution in [1.29, 1.82) is 0 Å². The maximum absolute atomic E-state index is 4.19. The van der Waals surface area contributed by atoms with E-state index in [0.29, 0.717) is 0 Å². The Labute approximate surface area is 97.6 Å². The molecule has 0 aromatic rings. The Balaban J connectivity index is -0.0000000200. The number of halogens is 2. The molecule has 0 rings (SSSR count). The van der Waals surface area contributed by atoms with E-state index in [9.17, 15) is 0 Å². The van der Waals surface area contributed by atoms with Gasteiger partial charge in [0.05, 0.1) is 0 Å². The molecule has 0 unspecified atom stereocenters. The molecule has 1 nitrogen and oxygen atoms in total. The zero-order valence-corrected chi connectivity index (χ0v) is 17.9. The first-order valence-corrected chi connectivity index (χ1v) is 2.07. The third kappa shape index (κ3) is 19.0. The summed E-state index contributed by atoms with van der Waals surface area (Å²) in [6, 6.07) is 0. The molecule has 0 fully saturated rings. The zero-order valence-electron chi connectivity index (χ0n) is 2.58. The average molecular weight is 694 g/mol. The van der Waals surface area contributed by atoms with Gasteiger partial charge in [0.1, 0.15) is 46.0 Å². The Hall–Kier alpha value is 3.19. The summed E-state index contributed by atoms with van der Waals surface area (Å²) in [7, 11) is 0. The van der Waals surface area contributed by atoms with E-state index < -0.39 is 0 Å². The van der Waals surface area contributed by atoms with Crippen LogP contribution < -0.4 is 0 Å². The Bertz CT molecular complexity index is 7.61. The number of rotatable bonds is 0. The van der Waals surface area contributed by atoms with Gasteiger partial charge in [-0.2, -0.15) is 0 Å². The molecule has 0 atom stereocenters. The van der Waals surface area contributed by atoms with Gasteiger partial charge in [-0.15, -0.1) is 0 Å². The van der Waals surface area contributed by atoms with E-state index in [2.05, 4.69) is 1.40 Å². The second kappa shape index (κ2) is 15.7. The van der Waals surface area contributed by atoms with Gasteiger partial charge in [-0.25, -0.2) is 1.40 Å². The Morgan fingerprint density at radius 2 is 1.00 bits per heavy atom. The Morgan fingerprint density at radius 1 is 1.00 bits per heavy atom. The molecule has 0 aliphatic rings. The molecule has 5 heteroatoms. The second-order valence-electron chi connectivity index (χ2n) is 0.0583. The van der Waals surface area contributed by atoms with Crippen molar-refractivity contribution in [1.82, 2.24) is 0 Å². The van der Waals surface area contributed by atoms with E-state index in [1.165, 1.54) is 0 Å². The van der Waals surface area contributed by atoms with Crippen LogP contribution in [0.3, 0.4) is 0 Å². The predicted molar refractivity (Wildman–Crippen MR) is 49.0 cm³/mol. The first kappa shape index (κ1) is 15.7. The van der Waals surface area contributed by atoms with Gasteiger partial charge >= 0.3 is 52.4 Å². The van der Waals surface area contributed by atoms with Crippen LogP contribution in [-0.2, 0) is 1.40 Å². The third-order valence-corrected chi connectivity index (χ3v) is 0. The van der Waals surface area contributed by atoms with Gasteiger partial charge in [0, 0.05) is 0 Å². The monoisotopic (exact) mass is 694 g/mol. The molecule has 0 heterocycles. The molecule has 0 aliphatic heterocycles. The van der Waals surface area contributed by atoms with Crippen molar-refractivity contribution >= 4 is 98.4 Å². The SMILES string of the molecule is IOI.[BiH3].[BiH3]. The first-order valence-electron chi connectivity index (χ1n) is 0.309. The quantitative estimate of drug-likeness (QED) is 0.242. The molecule has 0 saturated heterocycles. The van der Waals surface area contributed by atoms with E-state index in [1.807, 2.05) is 0 Å². The van der Waals surface area contributed by atoms with E-state index in [-0.39, 0.29) is 52.4 Å². The Kier molecular flexibility index (Phi) is 49.3. The molecule has 0 aromatic carbocycles. The summed E-state index contributed by atoms with van der Waals surface area (Å²) in [6.45, 7) is 0.